The van der Waals surface area contributed by atoms with E-state index >= 15 is 0 Å². The first-order valence-corrected chi connectivity index (χ1v) is 8.43. The van der Waals surface area contributed by atoms with Crippen LogP contribution in [0.1, 0.15) is 25.8 Å². The third-order valence-electron chi connectivity index (χ3n) is 5.12. The normalized spacial score (nSPS) is 21.0. The number of amides is 1. The fourth-order valence-electron chi connectivity index (χ4n) is 3.41. The zero-order chi connectivity index (χ0) is 18.0. The summed E-state index contributed by atoms with van der Waals surface area (Å²) in [6, 6.07) is 11.7. The molecule has 1 heterocycles. The van der Waals surface area contributed by atoms with Crippen molar-refractivity contribution in [2.45, 2.75) is 26.8 Å². The van der Waals surface area contributed by atoms with Gasteiger partial charge in [0, 0.05) is 36.2 Å². The molecule has 1 N–H and O–H groups in total. The topological polar surface area (TPSA) is 82.1 Å². The molecule has 0 aliphatic heterocycles. The molecule has 1 aromatic heterocycles. The van der Waals surface area contributed by atoms with Crippen LogP contribution in [0.15, 0.2) is 48.8 Å². The third kappa shape index (κ3) is 4.00. The van der Waals surface area contributed by atoms with Crippen molar-refractivity contribution >= 4 is 11.9 Å². The van der Waals surface area contributed by atoms with Crippen LogP contribution in [0, 0.1) is 17.3 Å². The molecule has 1 amide bonds. The van der Waals surface area contributed by atoms with Crippen molar-refractivity contribution in [3.8, 4) is 11.1 Å². The van der Waals surface area contributed by atoms with Gasteiger partial charge in [0.15, 0.2) is 0 Å². The minimum absolute atomic E-state index is 0. The number of aromatic nitrogens is 1. The van der Waals surface area contributed by atoms with Gasteiger partial charge in [-0.2, -0.15) is 0 Å². The summed E-state index contributed by atoms with van der Waals surface area (Å²) in [6.45, 7) is 4.01. The Hall–Kier alpha value is -1.69. The summed E-state index contributed by atoms with van der Waals surface area (Å²) >= 11 is 0. The average molecular weight is 360 g/mol. The number of benzene rings is 1. The molecule has 1 aliphatic rings. The number of nitrogens with one attached hydrogen (secondary N) is 1. The monoisotopic (exact) mass is 360 g/mol. The number of carbonyl (C=O) groups is 2. The van der Waals surface area contributed by atoms with Gasteiger partial charge in [0.05, 0.1) is 0 Å². The van der Waals surface area contributed by atoms with Crippen molar-refractivity contribution in [1.29, 1.82) is 0 Å². The summed E-state index contributed by atoms with van der Waals surface area (Å²) in [5, 5.41) is 14.3. The predicted octanol–water partition coefficient (Wildman–Crippen LogP) is -1.22. The number of carbonyl (C=O) groups excluding carboxylic acids is 2. The first-order valence-electron chi connectivity index (χ1n) is 8.43. The largest absolute Gasteiger partial charge is 1.00 e. The fraction of sp³-hybridized carbons (Fsp3) is 0.350. The maximum atomic E-state index is 12.3. The van der Waals surface area contributed by atoms with Gasteiger partial charge in [-0.05, 0) is 41.2 Å². The molecule has 1 fully saturated rings. The summed E-state index contributed by atoms with van der Waals surface area (Å²) in [7, 11) is 0. The number of rotatable bonds is 6. The molecule has 26 heavy (non-hydrogen) atoms. The van der Waals surface area contributed by atoms with Crippen molar-refractivity contribution in [3.63, 3.8) is 0 Å². The quantitative estimate of drug-likeness (QED) is 0.655. The van der Waals surface area contributed by atoms with Gasteiger partial charge in [-0.25, -0.2) is 0 Å². The van der Waals surface area contributed by atoms with Gasteiger partial charge in [0.1, 0.15) is 0 Å². The fourth-order valence-corrected chi connectivity index (χ4v) is 3.41. The number of hydrogen-bond acceptors (Lipinski definition) is 4. The molecule has 2 atom stereocenters. The Morgan fingerprint density at radius 2 is 2.00 bits per heavy atom. The van der Waals surface area contributed by atoms with E-state index in [1.54, 1.807) is 12.4 Å². The molecule has 0 bridgehead atoms. The Labute approximate surface area is 175 Å². The van der Waals surface area contributed by atoms with Gasteiger partial charge < -0.3 is 15.2 Å². The molecule has 1 saturated carbocycles. The molecule has 5 nitrogen and oxygen atoms in total. The summed E-state index contributed by atoms with van der Waals surface area (Å²) in [6.07, 6.45) is 3.87. The standard InChI is InChI=1S/C20H22N2O3.Na/c1-13(2)20(19(24)25)10-17(20)18(23)22-11-14-5-3-6-15(9-14)16-7-4-8-21-12-16;/h3-9,12-13,17H,10-11H2,1-2H3,(H,22,23)(H,24,25);/q;+1/p-1. The van der Waals surface area contributed by atoms with Gasteiger partial charge in [-0.3, -0.25) is 9.78 Å². The third-order valence-corrected chi connectivity index (χ3v) is 5.12. The molecule has 0 spiro atoms. The van der Waals surface area contributed by atoms with Gasteiger partial charge in [0.25, 0.3) is 0 Å². The van der Waals surface area contributed by atoms with Crippen molar-refractivity contribution in [2.75, 3.05) is 0 Å². The zero-order valence-corrected chi connectivity index (χ0v) is 17.4. The van der Waals surface area contributed by atoms with Gasteiger partial charge in [-0.15, -0.1) is 0 Å². The van der Waals surface area contributed by atoms with Crippen LogP contribution in [0.3, 0.4) is 0 Å². The number of carboxylic acid groups (broad SMARTS) is 1. The van der Waals surface area contributed by atoms with E-state index in [-0.39, 0.29) is 41.4 Å². The molecule has 0 radical (unpaired) electrons. The van der Waals surface area contributed by atoms with Crippen LogP contribution in [0.25, 0.3) is 11.1 Å². The molecular formula is C20H21N2NaO3. The van der Waals surface area contributed by atoms with Crippen molar-refractivity contribution in [3.05, 3.63) is 54.4 Å². The van der Waals surface area contributed by atoms with Crippen molar-refractivity contribution in [1.82, 2.24) is 10.3 Å². The van der Waals surface area contributed by atoms with Crippen LogP contribution in [0.2, 0.25) is 0 Å². The maximum Gasteiger partial charge on any atom is 1.00 e. The van der Waals surface area contributed by atoms with Crippen LogP contribution in [0.4, 0.5) is 0 Å². The van der Waals surface area contributed by atoms with Gasteiger partial charge in [-0.1, -0.05) is 38.1 Å². The van der Waals surface area contributed by atoms with E-state index in [9.17, 15) is 14.7 Å². The molecule has 2 unspecified atom stereocenters. The number of carboxylic acids is 1. The number of aliphatic carboxylic acids is 1. The van der Waals surface area contributed by atoms with E-state index in [1.165, 1.54) is 0 Å². The second-order valence-electron chi connectivity index (χ2n) is 6.90. The summed E-state index contributed by atoms with van der Waals surface area (Å²) < 4.78 is 0. The maximum absolute atomic E-state index is 12.3. The van der Waals surface area contributed by atoms with Crippen molar-refractivity contribution in [2.24, 2.45) is 17.3 Å². The van der Waals surface area contributed by atoms with Crippen LogP contribution in [0.5, 0.6) is 0 Å². The van der Waals surface area contributed by atoms with E-state index in [0.717, 1.165) is 16.7 Å². The second kappa shape index (κ2) is 8.33. The van der Waals surface area contributed by atoms with Gasteiger partial charge in [0.2, 0.25) is 5.91 Å². The molecule has 2 aromatic rings. The molecule has 130 valence electrons. The average Bonchev–Trinajstić information content (AvgIpc) is 3.38. The predicted molar refractivity (Wildman–Crippen MR) is 91.9 cm³/mol. The number of nitrogens with zero attached hydrogens (tertiary/aromatic N) is 1. The molecule has 0 saturated heterocycles. The van der Waals surface area contributed by atoms with Crippen LogP contribution < -0.4 is 40.0 Å². The number of pyridine rings is 1. The Bertz CT molecular complexity index is 795. The van der Waals surface area contributed by atoms with Gasteiger partial charge >= 0.3 is 29.6 Å². The molecule has 6 heteroatoms. The van der Waals surface area contributed by atoms with E-state index in [0.29, 0.717) is 13.0 Å². The first kappa shape index (κ1) is 20.6. The van der Waals surface area contributed by atoms with Crippen LogP contribution in [-0.4, -0.2) is 16.9 Å². The Morgan fingerprint density at radius 1 is 1.27 bits per heavy atom. The molecular weight excluding hydrogens is 339 g/mol. The second-order valence-corrected chi connectivity index (χ2v) is 6.90. The Balaban J connectivity index is 0.00000243. The SMILES string of the molecule is CC(C)C1(C(=O)[O-])CC1C(=O)NCc1cccc(-c2cccnc2)c1.[Na+]. The molecule has 1 aliphatic carbocycles. The van der Waals surface area contributed by atoms with Crippen LogP contribution in [-0.2, 0) is 16.1 Å². The minimum Gasteiger partial charge on any atom is -0.550 e. The smallest absolute Gasteiger partial charge is 0.550 e. The summed E-state index contributed by atoms with van der Waals surface area (Å²) in [4.78, 5) is 27.9. The van der Waals surface area contributed by atoms with E-state index < -0.39 is 17.3 Å². The summed E-state index contributed by atoms with van der Waals surface area (Å²) in [5.41, 5.74) is 1.98. The molecule has 3 rings (SSSR count). The van der Waals surface area contributed by atoms with Crippen LogP contribution >= 0.6 is 0 Å². The number of hydrogen-bond donors (Lipinski definition) is 1. The zero-order valence-electron chi connectivity index (χ0n) is 15.4. The Kier molecular flexibility index (Phi) is 6.61. The van der Waals surface area contributed by atoms with Crippen molar-refractivity contribution < 1.29 is 44.3 Å². The first-order chi connectivity index (χ1) is 11.9. The summed E-state index contributed by atoms with van der Waals surface area (Å²) in [5.74, 6) is -1.97. The van der Waals surface area contributed by atoms with E-state index in [4.69, 9.17) is 0 Å². The molecule has 1 aromatic carbocycles. The minimum atomic E-state index is -1.12. The Morgan fingerprint density at radius 3 is 2.58 bits per heavy atom. The van der Waals surface area contributed by atoms with E-state index in [1.807, 2.05) is 50.2 Å². The van der Waals surface area contributed by atoms with E-state index in [2.05, 4.69) is 10.3 Å².